The first-order valence-corrected chi connectivity index (χ1v) is 6.15. The first-order chi connectivity index (χ1) is 9.18. The Bertz CT molecular complexity index is 393. The van der Waals surface area contributed by atoms with Crippen LogP contribution in [0.15, 0.2) is 30.3 Å². The average molecular weight is 267 g/mol. The molecular weight excluding hydrogens is 250 g/mol. The normalized spacial score (nSPS) is 9.89. The summed E-state index contributed by atoms with van der Waals surface area (Å²) >= 11 is 0. The second kappa shape index (κ2) is 8.91. The Hall–Kier alpha value is -2.11. The zero-order valence-corrected chi connectivity index (χ0v) is 10.6. The number of ether oxygens (including phenoxy) is 1. The Labute approximate surface area is 111 Å². The second-order valence-electron chi connectivity index (χ2n) is 4.01. The van der Waals surface area contributed by atoms with E-state index in [9.17, 15) is 14.9 Å². The van der Waals surface area contributed by atoms with E-state index in [1.807, 2.05) is 30.3 Å². The van der Waals surface area contributed by atoms with Gasteiger partial charge >= 0.3 is 5.97 Å². The van der Waals surface area contributed by atoms with Gasteiger partial charge in [0.2, 0.25) is 0 Å². The summed E-state index contributed by atoms with van der Waals surface area (Å²) in [7, 11) is 0. The minimum Gasteiger partial charge on any atom is -0.461 e. The van der Waals surface area contributed by atoms with Crippen molar-refractivity contribution < 1.29 is 19.5 Å². The van der Waals surface area contributed by atoms with Crippen molar-refractivity contribution in [3.8, 4) is 0 Å². The van der Waals surface area contributed by atoms with Gasteiger partial charge in [0.05, 0.1) is 6.61 Å². The minimum atomic E-state index is -0.811. The van der Waals surface area contributed by atoms with Gasteiger partial charge in [-0.05, 0) is 18.4 Å². The van der Waals surface area contributed by atoms with Crippen LogP contribution in [0.2, 0.25) is 0 Å². The van der Waals surface area contributed by atoms with Gasteiger partial charge in [-0.15, -0.1) is 10.1 Å². The Morgan fingerprint density at radius 2 is 1.89 bits per heavy atom. The van der Waals surface area contributed by atoms with Crippen LogP contribution in [0.25, 0.3) is 0 Å². The van der Waals surface area contributed by atoms with Crippen LogP contribution in [0.3, 0.4) is 0 Å². The molecule has 0 unspecified atom stereocenters. The molecule has 0 aliphatic rings. The maximum atomic E-state index is 11.4. The SMILES string of the molecule is O=C(CCCCCO[N+](=O)[O-])OCc1ccccc1. The average Bonchev–Trinajstić information content (AvgIpc) is 2.41. The first kappa shape index (κ1) is 14.9. The molecule has 1 rings (SSSR count). The number of esters is 1. The molecule has 0 aliphatic heterocycles. The van der Waals surface area contributed by atoms with Gasteiger partial charge in [-0.3, -0.25) is 4.79 Å². The van der Waals surface area contributed by atoms with Crippen molar-refractivity contribution in [3.05, 3.63) is 46.0 Å². The smallest absolute Gasteiger partial charge is 0.306 e. The van der Waals surface area contributed by atoms with Crippen LogP contribution < -0.4 is 0 Å². The van der Waals surface area contributed by atoms with Gasteiger partial charge in [0.15, 0.2) is 0 Å². The van der Waals surface area contributed by atoms with Gasteiger partial charge in [-0.1, -0.05) is 36.8 Å². The topological polar surface area (TPSA) is 78.7 Å². The highest BCUT2D eigenvalue weighted by molar-refractivity contribution is 5.69. The van der Waals surface area contributed by atoms with Gasteiger partial charge in [-0.2, -0.15) is 0 Å². The molecule has 1 aromatic carbocycles. The molecule has 104 valence electrons. The number of nitrogens with zero attached hydrogens (tertiary/aromatic N) is 1. The lowest BCUT2D eigenvalue weighted by molar-refractivity contribution is -0.757. The summed E-state index contributed by atoms with van der Waals surface area (Å²) in [5.41, 5.74) is 0.954. The maximum Gasteiger partial charge on any atom is 0.306 e. The van der Waals surface area contributed by atoms with Crippen LogP contribution in [0.1, 0.15) is 31.2 Å². The predicted molar refractivity (Wildman–Crippen MR) is 67.7 cm³/mol. The molecule has 0 amide bonds. The first-order valence-electron chi connectivity index (χ1n) is 6.15. The summed E-state index contributed by atoms with van der Waals surface area (Å²) < 4.78 is 5.09. The molecule has 0 radical (unpaired) electrons. The molecule has 6 nitrogen and oxygen atoms in total. The Morgan fingerprint density at radius 3 is 2.58 bits per heavy atom. The number of rotatable bonds is 9. The third kappa shape index (κ3) is 7.75. The van der Waals surface area contributed by atoms with E-state index < -0.39 is 5.09 Å². The molecule has 1 aromatic rings. The standard InChI is InChI=1S/C13H17NO5/c15-13(9-5-2-6-10-19-14(16)17)18-11-12-7-3-1-4-8-12/h1,3-4,7-8H,2,5-6,9-11H2. The molecule has 0 aliphatic carbocycles. The highest BCUT2D eigenvalue weighted by Crippen LogP contribution is 2.05. The highest BCUT2D eigenvalue weighted by atomic mass is 16.9. The molecule has 0 heterocycles. The summed E-state index contributed by atoms with van der Waals surface area (Å²) in [5, 5.41) is 9.06. The van der Waals surface area contributed by atoms with Crippen LogP contribution >= 0.6 is 0 Å². The molecule has 19 heavy (non-hydrogen) atoms. The van der Waals surface area contributed by atoms with E-state index in [-0.39, 0.29) is 19.2 Å². The van der Waals surface area contributed by atoms with E-state index in [1.165, 1.54) is 0 Å². The number of carbonyl (C=O) groups is 1. The number of benzene rings is 1. The largest absolute Gasteiger partial charge is 0.461 e. The number of unbranched alkanes of at least 4 members (excludes halogenated alkanes) is 2. The zero-order chi connectivity index (χ0) is 13.9. The lowest BCUT2D eigenvalue weighted by atomic mass is 10.2. The maximum absolute atomic E-state index is 11.4. The fourth-order valence-electron chi connectivity index (χ4n) is 1.50. The summed E-state index contributed by atoms with van der Waals surface area (Å²) in [6.45, 7) is 0.357. The zero-order valence-electron chi connectivity index (χ0n) is 10.6. The molecule has 0 spiro atoms. The lowest BCUT2D eigenvalue weighted by Gasteiger charge is -2.04. The fraction of sp³-hybridized carbons (Fsp3) is 0.462. The van der Waals surface area contributed by atoms with Crippen LogP contribution in [0.5, 0.6) is 0 Å². The van der Waals surface area contributed by atoms with Gasteiger partial charge < -0.3 is 9.57 Å². The second-order valence-corrected chi connectivity index (χ2v) is 4.01. The molecule has 0 saturated heterocycles. The van der Waals surface area contributed by atoms with Crippen LogP contribution in [-0.4, -0.2) is 17.7 Å². The summed E-state index contributed by atoms with van der Waals surface area (Å²) in [5.74, 6) is -0.251. The Morgan fingerprint density at radius 1 is 1.16 bits per heavy atom. The van der Waals surface area contributed by atoms with E-state index in [4.69, 9.17) is 4.74 Å². The predicted octanol–water partition coefficient (Wildman–Crippen LogP) is 2.50. The minimum absolute atomic E-state index is 0.0755. The van der Waals surface area contributed by atoms with Crippen molar-refractivity contribution in [2.24, 2.45) is 0 Å². The molecule has 0 fully saturated rings. The van der Waals surface area contributed by atoms with Crippen LogP contribution in [0, 0.1) is 10.1 Å². The monoisotopic (exact) mass is 267 g/mol. The van der Waals surface area contributed by atoms with E-state index >= 15 is 0 Å². The van der Waals surface area contributed by atoms with Gasteiger partial charge in [0.1, 0.15) is 6.61 Å². The van der Waals surface area contributed by atoms with Crippen LogP contribution in [0.4, 0.5) is 0 Å². The fourth-order valence-corrected chi connectivity index (χ4v) is 1.50. The van der Waals surface area contributed by atoms with Gasteiger partial charge in [0, 0.05) is 6.42 Å². The third-order valence-corrected chi connectivity index (χ3v) is 2.46. The van der Waals surface area contributed by atoms with E-state index in [0.717, 1.165) is 5.56 Å². The molecule has 0 N–H and O–H groups in total. The van der Waals surface area contributed by atoms with E-state index in [2.05, 4.69) is 4.84 Å². The summed E-state index contributed by atoms with van der Waals surface area (Å²) in [6, 6.07) is 9.46. The van der Waals surface area contributed by atoms with E-state index in [1.54, 1.807) is 0 Å². The number of hydrogen-bond acceptors (Lipinski definition) is 5. The summed E-state index contributed by atoms with van der Waals surface area (Å²) in [6.07, 6.45) is 2.24. The molecule has 0 bridgehead atoms. The number of hydrogen-bond donors (Lipinski definition) is 0. The van der Waals surface area contributed by atoms with Crippen LogP contribution in [-0.2, 0) is 21.0 Å². The lowest BCUT2D eigenvalue weighted by Crippen LogP contribution is -2.05. The molecule has 0 saturated carbocycles. The summed E-state index contributed by atoms with van der Waals surface area (Å²) in [4.78, 5) is 25.4. The van der Waals surface area contributed by atoms with Crippen molar-refractivity contribution in [2.75, 3.05) is 6.61 Å². The Balaban J connectivity index is 2.01. The molecule has 6 heteroatoms. The van der Waals surface area contributed by atoms with Crippen molar-refractivity contribution >= 4 is 5.97 Å². The van der Waals surface area contributed by atoms with Crippen molar-refractivity contribution in [1.29, 1.82) is 0 Å². The third-order valence-electron chi connectivity index (χ3n) is 2.46. The van der Waals surface area contributed by atoms with Crippen molar-refractivity contribution in [2.45, 2.75) is 32.3 Å². The number of carbonyl (C=O) groups excluding carboxylic acids is 1. The molecule has 0 atom stereocenters. The quantitative estimate of drug-likeness (QED) is 0.297. The molecular formula is C13H17NO5. The van der Waals surface area contributed by atoms with Gasteiger partial charge in [-0.25, -0.2) is 0 Å². The molecule has 0 aromatic heterocycles. The van der Waals surface area contributed by atoms with Crippen molar-refractivity contribution in [3.63, 3.8) is 0 Å². The highest BCUT2D eigenvalue weighted by Gasteiger charge is 2.03. The van der Waals surface area contributed by atoms with Gasteiger partial charge in [0.25, 0.3) is 5.09 Å². The van der Waals surface area contributed by atoms with Crippen molar-refractivity contribution in [1.82, 2.24) is 0 Å². The van der Waals surface area contributed by atoms with E-state index in [0.29, 0.717) is 25.7 Å². The Kier molecular flexibility index (Phi) is 7.01.